The number of hydrogen-bond donors (Lipinski definition) is 10. The lowest BCUT2D eigenvalue weighted by Gasteiger charge is -2.25. The van der Waals surface area contributed by atoms with Crippen molar-refractivity contribution in [2.45, 2.75) is 62.7 Å². The van der Waals surface area contributed by atoms with Gasteiger partial charge in [0.05, 0.1) is 12.4 Å². The Morgan fingerprint density at radius 3 is 2.22 bits per heavy atom. The van der Waals surface area contributed by atoms with E-state index >= 15 is 0 Å². The second kappa shape index (κ2) is 17.1. The van der Waals surface area contributed by atoms with Crippen LogP contribution in [-0.4, -0.2) is 87.7 Å². The van der Waals surface area contributed by atoms with E-state index in [9.17, 15) is 24.3 Å². The van der Waals surface area contributed by atoms with Crippen LogP contribution < -0.4 is 38.9 Å². The fraction of sp³-hybridized carbons (Fsp3) is 0.619. The van der Waals surface area contributed by atoms with E-state index in [0.717, 1.165) is 0 Å². The Morgan fingerprint density at radius 2 is 1.65 bits per heavy atom. The van der Waals surface area contributed by atoms with Crippen LogP contribution in [0.1, 0.15) is 37.8 Å². The fourth-order valence-electron chi connectivity index (χ4n) is 3.25. The van der Waals surface area contributed by atoms with Crippen LogP contribution in [0.4, 0.5) is 0 Å². The predicted molar refractivity (Wildman–Crippen MR) is 140 cm³/mol. The van der Waals surface area contributed by atoms with Gasteiger partial charge >= 0.3 is 5.97 Å². The molecule has 1 aromatic rings. The molecular weight excluding hydrogens is 504 g/mol. The summed E-state index contributed by atoms with van der Waals surface area (Å²) in [6.07, 6.45) is 5.03. The first-order valence-corrected chi connectivity index (χ1v) is 12.4. The number of aliphatic imine (C=N–C) groups is 1. The van der Waals surface area contributed by atoms with Gasteiger partial charge in [0.25, 0.3) is 0 Å². The second-order valence-corrected chi connectivity index (χ2v) is 8.69. The number of amides is 3. The van der Waals surface area contributed by atoms with Crippen LogP contribution in [0.25, 0.3) is 0 Å². The minimum atomic E-state index is -1.27. The number of H-pyrrole nitrogens is 1. The molecular formula is C21H38N10O5S. The molecule has 0 saturated carbocycles. The number of carbonyl (C=O) groups excluding carboxylic acids is 3. The molecule has 3 amide bonds. The van der Waals surface area contributed by atoms with Crippen molar-refractivity contribution in [3.05, 3.63) is 18.2 Å². The number of unbranched alkanes of at least 4 members (excludes halogenated alkanes) is 1. The highest BCUT2D eigenvalue weighted by atomic mass is 32.1. The monoisotopic (exact) mass is 542 g/mol. The molecule has 1 aromatic heterocycles. The summed E-state index contributed by atoms with van der Waals surface area (Å²) in [6.45, 7) is 0.704. The van der Waals surface area contributed by atoms with E-state index < -0.39 is 47.9 Å². The van der Waals surface area contributed by atoms with Gasteiger partial charge in [-0.3, -0.25) is 19.4 Å². The number of aromatic nitrogens is 2. The Hall–Kier alpha value is -3.37. The SMILES string of the molecule is NCCCCC(NC(=O)C(N)CCCN=C(N)N)C(=O)NC(Cc1cnc[nH]1)C(=O)NC(CS)C(=O)O. The Labute approximate surface area is 220 Å². The smallest absolute Gasteiger partial charge is 0.327 e. The summed E-state index contributed by atoms with van der Waals surface area (Å²) in [6, 6.07) is -4.32. The zero-order valence-electron chi connectivity index (χ0n) is 20.6. The Kier molecular flexibility index (Phi) is 14.7. The molecule has 1 heterocycles. The van der Waals surface area contributed by atoms with E-state index in [1.807, 2.05) is 0 Å². The maximum Gasteiger partial charge on any atom is 0.327 e. The standard InChI is InChI=1S/C21H38N10O5S/c22-6-2-1-5-14(29-17(32)13(23)4-3-7-27-21(24)25)18(33)30-15(8-12-9-26-11-28-12)19(34)31-16(10-37)20(35)36/h9,11,13-16,37H,1-8,10,22-23H2,(H,26,28)(H,29,32)(H,30,33)(H,31,34)(H,35,36)(H4,24,25,27). The van der Waals surface area contributed by atoms with Crippen molar-refractivity contribution in [1.82, 2.24) is 25.9 Å². The first-order valence-electron chi connectivity index (χ1n) is 11.8. The summed E-state index contributed by atoms with van der Waals surface area (Å²) in [5.41, 5.74) is 22.6. The van der Waals surface area contributed by atoms with E-state index in [4.69, 9.17) is 22.9 Å². The van der Waals surface area contributed by atoms with Gasteiger partial charge < -0.3 is 49.0 Å². The molecule has 0 fully saturated rings. The Bertz CT molecular complexity index is 894. The largest absolute Gasteiger partial charge is 0.480 e. The molecule has 0 aliphatic heterocycles. The summed E-state index contributed by atoms with van der Waals surface area (Å²) in [5, 5.41) is 16.9. The van der Waals surface area contributed by atoms with Crippen LogP contribution in [0.5, 0.6) is 0 Å². The van der Waals surface area contributed by atoms with Crippen molar-refractivity contribution in [3.63, 3.8) is 0 Å². The first kappa shape index (κ1) is 31.7. The lowest BCUT2D eigenvalue weighted by Crippen LogP contribution is -2.57. The topological polar surface area (TPSA) is 270 Å². The highest BCUT2D eigenvalue weighted by Crippen LogP contribution is 2.06. The van der Waals surface area contributed by atoms with Gasteiger partial charge in [-0.15, -0.1) is 0 Å². The molecule has 0 radical (unpaired) electrons. The van der Waals surface area contributed by atoms with Gasteiger partial charge in [0.1, 0.15) is 18.1 Å². The molecule has 0 bridgehead atoms. The third kappa shape index (κ3) is 12.4. The highest BCUT2D eigenvalue weighted by Gasteiger charge is 2.30. The van der Waals surface area contributed by atoms with Gasteiger partial charge in [-0.2, -0.15) is 12.6 Å². The van der Waals surface area contributed by atoms with Gasteiger partial charge in [-0.25, -0.2) is 9.78 Å². The minimum absolute atomic E-state index is 0.00422. The maximum atomic E-state index is 13.2. The fourth-order valence-corrected chi connectivity index (χ4v) is 3.49. The van der Waals surface area contributed by atoms with Gasteiger partial charge in [-0.05, 0) is 38.6 Å². The average molecular weight is 543 g/mol. The molecule has 4 unspecified atom stereocenters. The number of hydrogen-bond acceptors (Lipinski definition) is 9. The Balaban J connectivity index is 2.95. The molecule has 1 rings (SSSR count). The molecule has 208 valence electrons. The van der Waals surface area contributed by atoms with Gasteiger partial charge in [-0.1, -0.05) is 0 Å². The van der Waals surface area contributed by atoms with Crippen molar-refractivity contribution < 1.29 is 24.3 Å². The molecule has 0 aliphatic rings. The van der Waals surface area contributed by atoms with E-state index in [2.05, 4.69) is 43.5 Å². The van der Waals surface area contributed by atoms with Crippen LogP contribution in [0, 0.1) is 0 Å². The predicted octanol–water partition coefficient (Wildman–Crippen LogP) is -3.07. The number of carboxylic acid groups (broad SMARTS) is 1. The number of guanidine groups is 1. The second-order valence-electron chi connectivity index (χ2n) is 8.33. The molecule has 0 aromatic carbocycles. The summed E-state index contributed by atoms with van der Waals surface area (Å²) in [5.74, 6) is -3.38. The van der Waals surface area contributed by atoms with Gasteiger partial charge in [0.2, 0.25) is 17.7 Å². The zero-order chi connectivity index (χ0) is 27.8. The lowest BCUT2D eigenvalue weighted by atomic mass is 10.0. The van der Waals surface area contributed by atoms with E-state index in [1.54, 1.807) is 0 Å². The molecule has 16 heteroatoms. The number of nitrogens with one attached hydrogen (secondary N) is 4. The third-order valence-electron chi connectivity index (χ3n) is 5.29. The lowest BCUT2D eigenvalue weighted by molar-refractivity contribution is -0.141. The van der Waals surface area contributed by atoms with Crippen molar-refractivity contribution >= 4 is 42.3 Å². The summed E-state index contributed by atoms with van der Waals surface area (Å²) >= 11 is 3.95. The van der Waals surface area contributed by atoms with Crippen molar-refractivity contribution in [1.29, 1.82) is 0 Å². The summed E-state index contributed by atoms with van der Waals surface area (Å²) in [7, 11) is 0. The number of rotatable bonds is 18. The van der Waals surface area contributed by atoms with E-state index in [1.165, 1.54) is 12.5 Å². The molecule has 0 aliphatic carbocycles. The summed E-state index contributed by atoms with van der Waals surface area (Å²) < 4.78 is 0. The number of nitrogens with two attached hydrogens (primary N) is 4. The molecule has 0 saturated heterocycles. The maximum absolute atomic E-state index is 13.2. The molecule has 13 N–H and O–H groups in total. The molecule has 37 heavy (non-hydrogen) atoms. The first-order chi connectivity index (χ1) is 17.6. The van der Waals surface area contributed by atoms with Crippen LogP contribution in [0.15, 0.2) is 17.5 Å². The summed E-state index contributed by atoms with van der Waals surface area (Å²) in [4.78, 5) is 60.6. The number of thiol groups is 1. The van der Waals surface area contributed by atoms with Crippen LogP contribution in [0.2, 0.25) is 0 Å². The number of aliphatic carboxylic acids is 1. The number of imidazole rings is 1. The normalized spacial score (nSPS) is 14.0. The molecule has 0 spiro atoms. The van der Waals surface area contributed by atoms with Crippen molar-refractivity contribution in [3.8, 4) is 0 Å². The van der Waals surface area contributed by atoms with E-state index in [0.29, 0.717) is 38.0 Å². The average Bonchev–Trinajstić information content (AvgIpc) is 3.36. The Morgan fingerprint density at radius 1 is 1.00 bits per heavy atom. The van der Waals surface area contributed by atoms with E-state index in [-0.39, 0.29) is 31.0 Å². The highest BCUT2D eigenvalue weighted by molar-refractivity contribution is 7.80. The molecule has 4 atom stereocenters. The van der Waals surface area contributed by atoms with Crippen LogP contribution in [-0.2, 0) is 25.6 Å². The van der Waals surface area contributed by atoms with Gasteiger partial charge in [0.15, 0.2) is 5.96 Å². The van der Waals surface area contributed by atoms with Crippen LogP contribution in [0.3, 0.4) is 0 Å². The number of carboxylic acids is 1. The number of carbonyl (C=O) groups is 4. The van der Waals surface area contributed by atoms with Gasteiger partial charge in [0, 0.05) is 30.6 Å². The third-order valence-corrected chi connectivity index (χ3v) is 5.66. The van der Waals surface area contributed by atoms with Crippen LogP contribution >= 0.6 is 12.6 Å². The number of aromatic amines is 1. The van der Waals surface area contributed by atoms with Crippen molar-refractivity contribution in [2.75, 3.05) is 18.8 Å². The minimum Gasteiger partial charge on any atom is -0.480 e. The number of nitrogens with zero attached hydrogens (tertiary/aromatic N) is 2. The molecule has 15 nitrogen and oxygen atoms in total. The zero-order valence-corrected chi connectivity index (χ0v) is 21.5. The van der Waals surface area contributed by atoms with Crippen molar-refractivity contribution in [2.24, 2.45) is 27.9 Å². The quantitative estimate of drug-likeness (QED) is 0.0387.